The predicted molar refractivity (Wildman–Crippen MR) is 52.6 cm³/mol. The lowest BCUT2D eigenvalue weighted by Gasteiger charge is -1.98. The van der Waals surface area contributed by atoms with Crippen LogP contribution < -0.4 is 5.63 Å². The van der Waals surface area contributed by atoms with E-state index in [1.807, 2.05) is 19.1 Å². The molecule has 3 nitrogen and oxygen atoms in total. The molecule has 0 atom stereocenters. The van der Waals surface area contributed by atoms with Crippen LogP contribution in [0.2, 0.25) is 0 Å². The van der Waals surface area contributed by atoms with Crippen LogP contribution in [0.4, 0.5) is 0 Å². The van der Waals surface area contributed by atoms with Gasteiger partial charge in [-0.3, -0.25) is 4.79 Å². The molecule has 0 aliphatic rings. The minimum Gasteiger partial charge on any atom is -0.422 e. The fourth-order valence-electron chi connectivity index (χ4n) is 1.34. The van der Waals surface area contributed by atoms with Gasteiger partial charge in [-0.1, -0.05) is 11.6 Å². The third kappa shape index (κ3) is 1.33. The van der Waals surface area contributed by atoms with Gasteiger partial charge in [-0.25, -0.2) is 4.79 Å². The number of carbonyl (C=O) groups excluding carboxylic acids is 1. The Hall–Kier alpha value is -1.90. The predicted octanol–water partition coefficient (Wildman–Crippen LogP) is 1.91. The van der Waals surface area contributed by atoms with Gasteiger partial charge in [-0.05, 0) is 25.1 Å². The summed E-state index contributed by atoms with van der Waals surface area (Å²) in [4.78, 5) is 21.6. The summed E-state index contributed by atoms with van der Waals surface area (Å²) in [5, 5.41) is 0.770. The first-order valence-corrected chi connectivity index (χ1v) is 4.20. The van der Waals surface area contributed by atoms with Crippen molar-refractivity contribution in [1.29, 1.82) is 0 Å². The summed E-state index contributed by atoms with van der Waals surface area (Å²) < 4.78 is 4.95. The molecule has 0 fully saturated rings. The highest BCUT2D eigenvalue weighted by atomic mass is 16.4. The molecule has 0 saturated heterocycles. The summed E-state index contributed by atoms with van der Waals surface area (Å²) in [7, 11) is 0. The van der Waals surface area contributed by atoms with Crippen LogP contribution in [0, 0.1) is 6.92 Å². The SMILES string of the molecule is Cc1ccc2oc(=O)c(C=O)cc2c1. The van der Waals surface area contributed by atoms with E-state index >= 15 is 0 Å². The molecule has 0 N–H and O–H groups in total. The van der Waals surface area contributed by atoms with E-state index < -0.39 is 5.63 Å². The van der Waals surface area contributed by atoms with Crippen LogP contribution in [0.25, 0.3) is 11.0 Å². The molecule has 0 unspecified atom stereocenters. The van der Waals surface area contributed by atoms with Gasteiger partial charge in [0.05, 0.1) is 0 Å². The first-order chi connectivity index (χ1) is 6.70. The quantitative estimate of drug-likeness (QED) is 0.507. The second kappa shape index (κ2) is 3.10. The smallest absolute Gasteiger partial charge is 0.346 e. The number of fused-ring (bicyclic) bond motifs is 1. The molecule has 1 heterocycles. The van der Waals surface area contributed by atoms with Gasteiger partial charge in [0.1, 0.15) is 11.1 Å². The van der Waals surface area contributed by atoms with Gasteiger partial charge < -0.3 is 4.42 Å². The van der Waals surface area contributed by atoms with Crippen molar-refractivity contribution in [2.45, 2.75) is 6.92 Å². The molecule has 2 rings (SSSR count). The number of hydrogen-bond donors (Lipinski definition) is 0. The molecule has 1 aromatic heterocycles. The highest BCUT2D eigenvalue weighted by molar-refractivity contribution is 5.84. The maximum atomic E-state index is 11.2. The standard InChI is InChI=1S/C11H8O3/c1-7-2-3-10-8(4-7)5-9(6-12)11(13)14-10/h2-6H,1H3. The Morgan fingerprint density at radius 3 is 2.79 bits per heavy atom. The summed E-state index contributed by atoms with van der Waals surface area (Å²) in [6.45, 7) is 1.94. The van der Waals surface area contributed by atoms with Crippen molar-refractivity contribution in [3.63, 3.8) is 0 Å². The Kier molecular flexibility index (Phi) is 1.93. The average Bonchev–Trinajstić information content (AvgIpc) is 2.17. The second-order valence-electron chi connectivity index (χ2n) is 3.15. The number of carbonyl (C=O) groups is 1. The lowest BCUT2D eigenvalue weighted by Crippen LogP contribution is -2.05. The Morgan fingerprint density at radius 1 is 1.29 bits per heavy atom. The highest BCUT2D eigenvalue weighted by Crippen LogP contribution is 2.14. The third-order valence-corrected chi connectivity index (χ3v) is 2.04. The first kappa shape index (κ1) is 8.69. The molecule has 70 valence electrons. The lowest BCUT2D eigenvalue weighted by molar-refractivity contribution is 0.112. The molecule has 2 aromatic rings. The minimum absolute atomic E-state index is 0.0584. The fraction of sp³-hybridized carbons (Fsp3) is 0.0909. The van der Waals surface area contributed by atoms with Crippen molar-refractivity contribution in [3.8, 4) is 0 Å². The average molecular weight is 188 g/mol. The molecule has 0 amide bonds. The monoisotopic (exact) mass is 188 g/mol. The van der Waals surface area contributed by atoms with E-state index in [4.69, 9.17) is 4.42 Å². The van der Waals surface area contributed by atoms with Crippen LogP contribution >= 0.6 is 0 Å². The van der Waals surface area contributed by atoms with Gasteiger partial charge in [0, 0.05) is 5.39 Å². The highest BCUT2D eigenvalue weighted by Gasteiger charge is 2.03. The molecule has 14 heavy (non-hydrogen) atoms. The molecule has 0 bridgehead atoms. The number of aldehydes is 1. The zero-order chi connectivity index (χ0) is 10.1. The largest absolute Gasteiger partial charge is 0.422 e. The van der Waals surface area contributed by atoms with E-state index in [1.165, 1.54) is 0 Å². The number of benzene rings is 1. The molecule has 3 heteroatoms. The van der Waals surface area contributed by atoms with E-state index in [0.29, 0.717) is 11.9 Å². The maximum absolute atomic E-state index is 11.2. The van der Waals surface area contributed by atoms with Crippen LogP contribution in [0.5, 0.6) is 0 Å². The zero-order valence-corrected chi connectivity index (χ0v) is 7.61. The van der Waals surface area contributed by atoms with Crippen molar-refractivity contribution in [1.82, 2.24) is 0 Å². The molecular formula is C11H8O3. The summed E-state index contributed by atoms with van der Waals surface area (Å²) in [5.41, 5.74) is 1.04. The fourth-order valence-corrected chi connectivity index (χ4v) is 1.34. The van der Waals surface area contributed by atoms with Crippen LogP contribution in [0.15, 0.2) is 33.5 Å². The van der Waals surface area contributed by atoms with E-state index in [-0.39, 0.29) is 5.56 Å². The topological polar surface area (TPSA) is 47.3 Å². The normalized spacial score (nSPS) is 10.4. The van der Waals surface area contributed by atoms with Gasteiger partial charge in [0.15, 0.2) is 6.29 Å². The van der Waals surface area contributed by atoms with Gasteiger partial charge in [0.25, 0.3) is 0 Å². The Balaban J connectivity index is 2.86. The maximum Gasteiger partial charge on any atom is 0.346 e. The van der Waals surface area contributed by atoms with Crippen LogP contribution in [0.1, 0.15) is 15.9 Å². The second-order valence-corrected chi connectivity index (χ2v) is 3.15. The molecule has 1 aromatic carbocycles. The van der Waals surface area contributed by atoms with E-state index in [9.17, 15) is 9.59 Å². The van der Waals surface area contributed by atoms with Gasteiger partial charge in [-0.15, -0.1) is 0 Å². The minimum atomic E-state index is -0.587. The van der Waals surface area contributed by atoms with Crippen molar-refractivity contribution in [3.05, 3.63) is 45.8 Å². The number of rotatable bonds is 1. The van der Waals surface area contributed by atoms with E-state index in [1.54, 1.807) is 12.1 Å². The van der Waals surface area contributed by atoms with E-state index in [0.717, 1.165) is 10.9 Å². The summed E-state index contributed by atoms with van der Waals surface area (Å²) >= 11 is 0. The van der Waals surface area contributed by atoms with Crippen LogP contribution in [0.3, 0.4) is 0 Å². The summed E-state index contributed by atoms with van der Waals surface area (Å²) in [6, 6.07) is 6.99. The number of aryl methyl sites for hydroxylation is 1. The number of hydrogen-bond acceptors (Lipinski definition) is 3. The molecule has 0 radical (unpaired) electrons. The van der Waals surface area contributed by atoms with Crippen molar-refractivity contribution in [2.75, 3.05) is 0 Å². The first-order valence-electron chi connectivity index (χ1n) is 4.20. The molecule has 0 saturated carbocycles. The molecular weight excluding hydrogens is 180 g/mol. The zero-order valence-electron chi connectivity index (χ0n) is 7.61. The summed E-state index contributed by atoms with van der Waals surface area (Å²) in [5.74, 6) is 0. The molecule has 0 spiro atoms. The molecule has 0 aliphatic heterocycles. The van der Waals surface area contributed by atoms with Crippen molar-refractivity contribution in [2.24, 2.45) is 0 Å². The molecule has 0 aliphatic carbocycles. The van der Waals surface area contributed by atoms with Crippen LogP contribution in [-0.2, 0) is 0 Å². The van der Waals surface area contributed by atoms with Gasteiger partial charge >= 0.3 is 5.63 Å². The Labute approximate surface area is 80.0 Å². The van der Waals surface area contributed by atoms with Crippen molar-refractivity contribution >= 4 is 17.3 Å². The van der Waals surface area contributed by atoms with Gasteiger partial charge in [-0.2, -0.15) is 0 Å². The Bertz CT molecular complexity index is 552. The van der Waals surface area contributed by atoms with Crippen LogP contribution in [-0.4, -0.2) is 6.29 Å². The van der Waals surface area contributed by atoms with Gasteiger partial charge in [0.2, 0.25) is 0 Å². The Morgan fingerprint density at radius 2 is 2.07 bits per heavy atom. The van der Waals surface area contributed by atoms with Crippen molar-refractivity contribution < 1.29 is 9.21 Å². The third-order valence-electron chi connectivity index (χ3n) is 2.04. The lowest BCUT2D eigenvalue weighted by atomic mass is 10.1. The van der Waals surface area contributed by atoms with E-state index in [2.05, 4.69) is 0 Å². The summed E-state index contributed by atoms with van der Waals surface area (Å²) in [6.07, 6.45) is 0.508.